The van der Waals surface area contributed by atoms with Gasteiger partial charge in [-0.1, -0.05) is 30.3 Å². The molecule has 2 aromatic carbocycles. The molecule has 0 bridgehead atoms. The number of piperidine rings is 1. The Morgan fingerprint density at radius 3 is 2.68 bits per heavy atom. The van der Waals surface area contributed by atoms with Gasteiger partial charge in [0.15, 0.2) is 0 Å². The Kier molecular flexibility index (Phi) is 5.24. The monoisotopic (exact) mass is 377 g/mol. The first-order valence-electron chi connectivity index (χ1n) is 9.73. The molecular weight excluding hydrogens is 353 g/mol. The van der Waals surface area contributed by atoms with E-state index in [2.05, 4.69) is 30.4 Å². The standard InChI is InChI=1S/C23H24FN3O/c1-17-5-4-7-21(13-17)27-16-20(15-25-27)18-9-11-26(12-10-18)23(28)14-19-6-2-3-8-22(19)24/h2-8,13,15-16,18H,9-12,14H2,1H3. The van der Waals surface area contributed by atoms with Crippen LogP contribution in [0.25, 0.3) is 5.69 Å². The van der Waals surface area contributed by atoms with E-state index in [0.717, 1.165) is 18.5 Å². The first-order chi connectivity index (χ1) is 13.6. The van der Waals surface area contributed by atoms with E-state index in [-0.39, 0.29) is 18.1 Å². The second-order valence-electron chi connectivity index (χ2n) is 7.48. The molecule has 2 heterocycles. The number of nitrogens with zero attached hydrogens (tertiary/aromatic N) is 3. The van der Waals surface area contributed by atoms with Crippen LogP contribution >= 0.6 is 0 Å². The number of amides is 1. The van der Waals surface area contributed by atoms with Gasteiger partial charge in [0.1, 0.15) is 5.82 Å². The van der Waals surface area contributed by atoms with E-state index in [0.29, 0.717) is 24.6 Å². The maximum absolute atomic E-state index is 13.8. The summed E-state index contributed by atoms with van der Waals surface area (Å²) in [6.45, 7) is 3.48. The quantitative estimate of drug-likeness (QED) is 0.681. The lowest BCUT2D eigenvalue weighted by atomic mass is 9.91. The Hall–Kier alpha value is -2.95. The van der Waals surface area contributed by atoms with Gasteiger partial charge in [-0.3, -0.25) is 4.79 Å². The molecular formula is C23H24FN3O. The van der Waals surface area contributed by atoms with Crippen LogP contribution < -0.4 is 0 Å². The highest BCUT2D eigenvalue weighted by atomic mass is 19.1. The maximum atomic E-state index is 13.8. The Morgan fingerprint density at radius 2 is 1.93 bits per heavy atom. The van der Waals surface area contributed by atoms with Crippen molar-refractivity contribution >= 4 is 5.91 Å². The molecule has 0 saturated carbocycles. The van der Waals surface area contributed by atoms with Crippen molar-refractivity contribution in [2.24, 2.45) is 0 Å². The van der Waals surface area contributed by atoms with Gasteiger partial charge in [-0.2, -0.15) is 5.10 Å². The predicted octanol–water partition coefficient (Wildman–Crippen LogP) is 4.27. The molecule has 1 aliphatic heterocycles. The maximum Gasteiger partial charge on any atom is 0.227 e. The second-order valence-corrected chi connectivity index (χ2v) is 7.48. The molecule has 0 N–H and O–H groups in total. The van der Waals surface area contributed by atoms with E-state index >= 15 is 0 Å². The minimum absolute atomic E-state index is 0.000920. The lowest BCUT2D eigenvalue weighted by Crippen LogP contribution is -2.38. The number of aryl methyl sites for hydroxylation is 1. The molecule has 5 heteroatoms. The van der Waals surface area contributed by atoms with Gasteiger partial charge in [0.25, 0.3) is 0 Å². The number of carbonyl (C=O) groups excluding carboxylic acids is 1. The van der Waals surface area contributed by atoms with Crippen LogP contribution in [0.5, 0.6) is 0 Å². The lowest BCUT2D eigenvalue weighted by molar-refractivity contribution is -0.131. The Bertz CT molecular complexity index is 973. The fourth-order valence-corrected chi connectivity index (χ4v) is 3.84. The fraction of sp³-hybridized carbons (Fsp3) is 0.304. The number of likely N-dealkylation sites (tertiary alicyclic amines) is 1. The van der Waals surface area contributed by atoms with Crippen LogP contribution in [0.15, 0.2) is 60.9 Å². The average Bonchev–Trinajstić information content (AvgIpc) is 3.20. The van der Waals surface area contributed by atoms with Crippen molar-refractivity contribution in [1.82, 2.24) is 14.7 Å². The van der Waals surface area contributed by atoms with E-state index in [1.165, 1.54) is 17.2 Å². The highest BCUT2D eigenvalue weighted by Gasteiger charge is 2.25. The third-order valence-corrected chi connectivity index (χ3v) is 5.49. The lowest BCUT2D eigenvalue weighted by Gasteiger charge is -2.31. The number of rotatable bonds is 4. The molecule has 0 aliphatic carbocycles. The van der Waals surface area contributed by atoms with Gasteiger partial charge in [0.05, 0.1) is 18.3 Å². The molecule has 0 radical (unpaired) electrons. The van der Waals surface area contributed by atoms with Crippen molar-refractivity contribution < 1.29 is 9.18 Å². The summed E-state index contributed by atoms with van der Waals surface area (Å²) < 4.78 is 15.7. The zero-order valence-electron chi connectivity index (χ0n) is 16.0. The van der Waals surface area contributed by atoms with Gasteiger partial charge < -0.3 is 4.90 Å². The largest absolute Gasteiger partial charge is 0.342 e. The van der Waals surface area contributed by atoms with E-state index in [1.54, 1.807) is 18.2 Å². The molecule has 0 spiro atoms. The van der Waals surface area contributed by atoms with Crippen molar-refractivity contribution in [3.8, 4) is 5.69 Å². The van der Waals surface area contributed by atoms with Crippen molar-refractivity contribution in [1.29, 1.82) is 0 Å². The number of halogens is 1. The minimum Gasteiger partial charge on any atom is -0.342 e. The van der Waals surface area contributed by atoms with Crippen molar-refractivity contribution in [2.45, 2.75) is 32.1 Å². The molecule has 0 atom stereocenters. The summed E-state index contributed by atoms with van der Waals surface area (Å²) in [6.07, 6.45) is 5.97. The van der Waals surface area contributed by atoms with Crippen LogP contribution in [-0.4, -0.2) is 33.7 Å². The van der Waals surface area contributed by atoms with E-state index in [1.807, 2.05) is 27.9 Å². The minimum atomic E-state index is -0.311. The highest BCUT2D eigenvalue weighted by molar-refractivity contribution is 5.79. The van der Waals surface area contributed by atoms with E-state index in [9.17, 15) is 9.18 Å². The first kappa shape index (κ1) is 18.4. The van der Waals surface area contributed by atoms with Crippen molar-refractivity contribution in [2.75, 3.05) is 13.1 Å². The zero-order chi connectivity index (χ0) is 19.5. The summed E-state index contributed by atoms with van der Waals surface area (Å²) in [5.41, 5.74) is 3.94. The Morgan fingerprint density at radius 1 is 1.14 bits per heavy atom. The molecule has 144 valence electrons. The normalized spacial score (nSPS) is 15.0. The molecule has 1 aromatic heterocycles. The van der Waals surface area contributed by atoms with E-state index < -0.39 is 0 Å². The van der Waals surface area contributed by atoms with Crippen molar-refractivity contribution in [3.05, 3.63) is 83.4 Å². The number of carbonyl (C=O) groups is 1. The molecule has 28 heavy (non-hydrogen) atoms. The summed E-state index contributed by atoms with van der Waals surface area (Å²) in [4.78, 5) is 14.4. The van der Waals surface area contributed by atoms with Crippen molar-refractivity contribution in [3.63, 3.8) is 0 Å². The van der Waals surface area contributed by atoms with Gasteiger partial charge in [0, 0.05) is 19.3 Å². The number of aromatic nitrogens is 2. The molecule has 0 unspecified atom stereocenters. The molecule has 4 nitrogen and oxygen atoms in total. The molecule has 1 fully saturated rings. The molecule has 1 saturated heterocycles. The summed E-state index contributed by atoms with van der Waals surface area (Å²) >= 11 is 0. The SMILES string of the molecule is Cc1cccc(-n2cc(C3CCN(C(=O)Cc4ccccc4F)CC3)cn2)c1. The van der Waals surface area contributed by atoms with Crippen LogP contribution in [-0.2, 0) is 11.2 Å². The average molecular weight is 377 g/mol. The summed E-state index contributed by atoms with van der Waals surface area (Å²) in [5, 5.41) is 4.52. The first-order valence-corrected chi connectivity index (χ1v) is 9.73. The zero-order valence-corrected chi connectivity index (χ0v) is 16.0. The molecule has 1 amide bonds. The highest BCUT2D eigenvalue weighted by Crippen LogP contribution is 2.28. The Labute approximate surface area is 164 Å². The molecule has 4 rings (SSSR count). The fourth-order valence-electron chi connectivity index (χ4n) is 3.84. The number of hydrogen-bond donors (Lipinski definition) is 0. The summed E-state index contributed by atoms with van der Waals surface area (Å²) in [6, 6.07) is 14.8. The third-order valence-electron chi connectivity index (χ3n) is 5.49. The molecule has 1 aliphatic rings. The van der Waals surface area contributed by atoms with Crippen LogP contribution in [0.4, 0.5) is 4.39 Å². The predicted molar refractivity (Wildman–Crippen MR) is 107 cm³/mol. The smallest absolute Gasteiger partial charge is 0.227 e. The van der Waals surface area contributed by atoms with Crippen LogP contribution in [0, 0.1) is 12.7 Å². The van der Waals surface area contributed by atoms with Gasteiger partial charge in [-0.25, -0.2) is 9.07 Å². The number of benzene rings is 2. The molecule has 3 aromatic rings. The van der Waals surface area contributed by atoms with Crippen LogP contribution in [0.1, 0.15) is 35.4 Å². The topological polar surface area (TPSA) is 38.1 Å². The van der Waals surface area contributed by atoms with Gasteiger partial charge in [-0.05, 0) is 60.6 Å². The van der Waals surface area contributed by atoms with Crippen LogP contribution in [0.2, 0.25) is 0 Å². The summed E-state index contributed by atoms with van der Waals surface area (Å²) in [5.74, 6) is 0.0874. The van der Waals surface area contributed by atoms with Gasteiger partial charge in [0.2, 0.25) is 5.91 Å². The van der Waals surface area contributed by atoms with Gasteiger partial charge in [-0.15, -0.1) is 0 Å². The third kappa shape index (κ3) is 3.98. The number of hydrogen-bond acceptors (Lipinski definition) is 2. The van der Waals surface area contributed by atoms with Crippen LogP contribution in [0.3, 0.4) is 0 Å². The Balaban J connectivity index is 1.37. The summed E-state index contributed by atoms with van der Waals surface area (Å²) in [7, 11) is 0. The second kappa shape index (κ2) is 7.97. The van der Waals surface area contributed by atoms with Gasteiger partial charge >= 0.3 is 0 Å². The van der Waals surface area contributed by atoms with E-state index in [4.69, 9.17) is 0 Å².